The molecular formula is C22H30O5. The molecule has 0 aromatic heterocycles. The zero-order chi connectivity index (χ0) is 19.4. The van der Waals surface area contributed by atoms with Gasteiger partial charge in [-0.15, -0.1) is 0 Å². The molecule has 27 heavy (non-hydrogen) atoms. The summed E-state index contributed by atoms with van der Waals surface area (Å²) in [5.74, 6) is 0.105. The molecule has 1 aliphatic heterocycles. The summed E-state index contributed by atoms with van der Waals surface area (Å²) in [7, 11) is 0. The van der Waals surface area contributed by atoms with E-state index >= 15 is 0 Å². The number of aliphatic hydroxyl groups is 2. The molecule has 1 heterocycles. The lowest BCUT2D eigenvalue weighted by Gasteiger charge is -2.56. The normalized spacial score (nSPS) is 55.7. The zero-order valence-electron chi connectivity index (χ0n) is 16.5. The maximum Gasteiger partial charge on any atom is 0.190 e. The second-order valence-electron chi connectivity index (χ2n) is 10.2. The largest absolute Gasteiger partial charge is 0.388 e. The van der Waals surface area contributed by atoms with Crippen molar-refractivity contribution in [3.8, 4) is 0 Å². The van der Waals surface area contributed by atoms with Gasteiger partial charge in [0.15, 0.2) is 11.6 Å². The van der Waals surface area contributed by atoms with Gasteiger partial charge < -0.3 is 14.9 Å². The van der Waals surface area contributed by atoms with Crippen LogP contribution < -0.4 is 0 Å². The second-order valence-corrected chi connectivity index (χ2v) is 10.2. The minimum Gasteiger partial charge on any atom is -0.388 e. The van der Waals surface area contributed by atoms with Crippen molar-refractivity contribution >= 4 is 11.6 Å². The molecule has 148 valence electrons. The Bertz CT molecular complexity index is 773. The second kappa shape index (κ2) is 5.11. The number of rotatable bonds is 2. The van der Waals surface area contributed by atoms with Gasteiger partial charge in [-0.1, -0.05) is 26.3 Å². The third kappa shape index (κ3) is 1.78. The minimum atomic E-state index is -1.48. The van der Waals surface area contributed by atoms with E-state index < -0.39 is 23.4 Å². The SMILES string of the molecule is C[C@H]1C[C@H]2[C@@H]3CCC4=CC(=O)CC[C@]4(C)[C@@]34O[C@H]4C[C@]2(C)[C@@]1(O)C(=O)CO. The van der Waals surface area contributed by atoms with E-state index in [-0.39, 0.29) is 34.7 Å². The van der Waals surface area contributed by atoms with E-state index in [0.29, 0.717) is 18.8 Å². The van der Waals surface area contributed by atoms with Crippen molar-refractivity contribution in [2.45, 2.75) is 76.6 Å². The third-order valence-corrected chi connectivity index (χ3v) is 9.49. The molecule has 5 rings (SSSR count). The van der Waals surface area contributed by atoms with Crippen LogP contribution in [0.1, 0.15) is 59.3 Å². The minimum absolute atomic E-state index is 0.0222. The van der Waals surface area contributed by atoms with Crippen molar-refractivity contribution in [3.05, 3.63) is 11.6 Å². The molecule has 4 fully saturated rings. The fourth-order valence-corrected chi connectivity index (χ4v) is 8.07. The number of carbonyl (C=O) groups excluding carboxylic acids is 2. The summed E-state index contributed by atoms with van der Waals surface area (Å²) < 4.78 is 6.48. The fraction of sp³-hybridized carbons (Fsp3) is 0.818. The lowest BCUT2D eigenvalue weighted by molar-refractivity contribution is -0.166. The average Bonchev–Trinajstić information content (AvgIpc) is 3.31. The number of fused-ring (bicyclic) bond motifs is 3. The number of aliphatic hydroxyl groups excluding tert-OH is 1. The van der Waals surface area contributed by atoms with Gasteiger partial charge in [0.1, 0.15) is 17.8 Å². The quantitative estimate of drug-likeness (QED) is 0.724. The third-order valence-electron chi connectivity index (χ3n) is 9.49. The standard InChI is InChI=1S/C22H30O5/c1-12-8-16-15-5-4-13-9-14(24)6-7-19(13,2)22(15)18(27-22)10-20(16,3)21(12,26)17(25)11-23/h9,12,15-16,18,23,26H,4-8,10-11H2,1-3H3/t12-,15-,16-,18-,19-,20-,21-,22+/m0/s1. The molecule has 2 N–H and O–H groups in total. The number of carbonyl (C=O) groups is 2. The molecule has 8 atom stereocenters. The number of hydrogen-bond donors (Lipinski definition) is 2. The Labute approximate surface area is 160 Å². The van der Waals surface area contributed by atoms with Crippen LogP contribution in [0.5, 0.6) is 0 Å². The summed E-state index contributed by atoms with van der Waals surface area (Å²) in [6.45, 7) is 5.64. The molecule has 5 nitrogen and oxygen atoms in total. The van der Waals surface area contributed by atoms with Crippen LogP contribution in [-0.4, -0.2) is 45.7 Å². The summed E-state index contributed by atoms with van der Waals surface area (Å²) in [5, 5.41) is 21.0. The molecule has 0 aromatic rings. The van der Waals surface area contributed by atoms with Gasteiger partial charge in [0.2, 0.25) is 0 Å². The summed E-state index contributed by atoms with van der Waals surface area (Å²) in [6, 6.07) is 0. The summed E-state index contributed by atoms with van der Waals surface area (Å²) in [4.78, 5) is 24.6. The Morgan fingerprint density at radius 1 is 1.30 bits per heavy atom. The molecule has 0 bridgehead atoms. The molecule has 0 radical (unpaired) electrons. The Morgan fingerprint density at radius 2 is 2.04 bits per heavy atom. The predicted octanol–water partition coefficient (Wildman–Crippen LogP) is 2.19. The number of Topliss-reactive ketones (excluding diaryl/α,β-unsaturated/α-hetero) is 1. The van der Waals surface area contributed by atoms with Crippen LogP contribution in [0.15, 0.2) is 11.6 Å². The number of ether oxygens (including phenoxy) is 1. The van der Waals surface area contributed by atoms with Crippen LogP contribution >= 0.6 is 0 Å². The van der Waals surface area contributed by atoms with Crippen LogP contribution in [0.25, 0.3) is 0 Å². The molecule has 0 unspecified atom stereocenters. The first-order chi connectivity index (χ1) is 12.6. The maximum absolute atomic E-state index is 12.6. The van der Waals surface area contributed by atoms with Crippen molar-refractivity contribution in [1.29, 1.82) is 0 Å². The van der Waals surface area contributed by atoms with Crippen molar-refractivity contribution in [3.63, 3.8) is 0 Å². The number of ketones is 2. The number of hydrogen-bond acceptors (Lipinski definition) is 5. The van der Waals surface area contributed by atoms with E-state index in [1.807, 2.05) is 19.9 Å². The highest BCUT2D eigenvalue weighted by atomic mass is 16.6. The van der Waals surface area contributed by atoms with Crippen LogP contribution in [0.4, 0.5) is 0 Å². The Hall–Kier alpha value is -1.04. The zero-order valence-corrected chi connectivity index (χ0v) is 16.5. The summed E-state index contributed by atoms with van der Waals surface area (Å²) >= 11 is 0. The van der Waals surface area contributed by atoms with Gasteiger partial charge in [-0.25, -0.2) is 0 Å². The fourth-order valence-electron chi connectivity index (χ4n) is 8.07. The molecule has 1 spiro atoms. The van der Waals surface area contributed by atoms with Crippen LogP contribution in [0.3, 0.4) is 0 Å². The van der Waals surface area contributed by atoms with Gasteiger partial charge in [-0.3, -0.25) is 9.59 Å². The van der Waals surface area contributed by atoms with Crippen molar-refractivity contribution < 1.29 is 24.5 Å². The first kappa shape index (κ1) is 18.0. The van der Waals surface area contributed by atoms with E-state index in [4.69, 9.17) is 4.74 Å². The van der Waals surface area contributed by atoms with Gasteiger partial charge >= 0.3 is 0 Å². The van der Waals surface area contributed by atoms with E-state index in [1.54, 1.807) is 0 Å². The van der Waals surface area contributed by atoms with E-state index in [9.17, 15) is 19.8 Å². The molecule has 0 amide bonds. The van der Waals surface area contributed by atoms with Gasteiger partial charge in [-0.05, 0) is 55.9 Å². The maximum atomic E-state index is 12.6. The molecular weight excluding hydrogens is 344 g/mol. The monoisotopic (exact) mass is 374 g/mol. The van der Waals surface area contributed by atoms with Gasteiger partial charge in [-0.2, -0.15) is 0 Å². The Balaban J connectivity index is 1.59. The van der Waals surface area contributed by atoms with Crippen LogP contribution in [0, 0.1) is 28.6 Å². The highest BCUT2D eigenvalue weighted by Gasteiger charge is 2.82. The van der Waals surface area contributed by atoms with Crippen molar-refractivity contribution in [1.82, 2.24) is 0 Å². The Morgan fingerprint density at radius 3 is 2.74 bits per heavy atom. The van der Waals surface area contributed by atoms with Gasteiger partial charge in [0, 0.05) is 17.3 Å². The number of epoxide rings is 1. The molecule has 5 heteroatoms. The van der Waals surface area contributed by atoms with E-state index in [0.717, 1.165) is 25.7 Å². The van der Waals surface area contributed by atoms with Gasteiger partial charge in [0.05, 0.1) is 6.10 Å². The lowest BCUT2D eigenvalue weighted by atomic mass is 9.46. The molecule has 3 saturated carbocycles. The molecule has 0 aromatic carbocycles. The highest BCUT2D eigenvalue weighted by Crippen LogP contribution is 2.76. The molecule has 5 aliphatic rings. The predicted molar refractivity (Wildman–Crippen MR) is 97.8 cm³/mol. The smallest absolute Gasteiger partial charge is 0.190 e. The van der Waals surface area contributed by atoms with Crippen LogP contribution in [-0.2, 0) is 14.3 Å². The summed E-state index contributed by atoms with van der Waals surface area (Å²) in [6.07, 6.45) is 6.59. The van der Waals surface area contributed by atoms with Crippen molar-refractivity contribution in [2.24, 2.45) is 28.6 Å². The van der Waals surface area contributed by atoms with Gasteiger partial charge in [0.25, 0.3) is 0 Å². The molecule has 1 saturated heterocycles. The molecule has 4 aliphatic carbocycles. The van der Waals surface area contributed by atoms with E-state index in [1.165, 1.54) is 5.57 Å². The van der Waals surface area contributed by atoms with E-state index in [2.05, 4.69) is 6.92 Å². The van der Waals surface area contributed by atoms with Crippen LogP contribution in [0.2, 0.25) is 0 Å². The highest BCUT2D eigenvalue weighted by molar-refractivity contribution is 5.92. The average molecular weight is 374 g/mol. The first-order valence-corrected chi connectivity index (χ1v) is 10.4. The lowest BCUT2D eigenvalue weighted by Crippen LogP contribution is -2.62. The summed E-state index contributed by atoms with van der Waals surface area (Å²) in [5.41, 5.74) is -1.15. The Kier molecular flexibility index (Phi) is 3.41. The van der Waals surface area contributed by atoms with Crippen molar-refractivity contribution in [2.75, 3.05) is 6.61 Å². The first-order valence-electron chi connectivity index (χ1n) is 10.4. The topological polar surface area (TPSA) is 87.1 Å².